The Morgan fingerprint density at radius 1 is 1.62 bits per heavy atom. The van der Waals surface area contributed by atoms with Gasteiger partial charge in [-0.3, -0.25) is 0 Å². The second-order valence-corrected chi connectivity index (χ2v) is 3.10. The molecule has 0 unspecified atom stereocenters. The molecule has 2 atom stereocenters. The smallest absolute Gasteiger partial charge is 0.167 e. The Balaban J connectivity index is 2.28. The van der Waals surface area contributed by atoms with Crippen molar-refractivity contribution >= 4 is 15.9 Å². The van der Waals surface area contributed by atoms with Gasteiger partial charge in [0.15, 0.2) is 6.29 Å². The van der Waals surface area contributed by atoms with Crippen LogP contribution in [0, 0.1) is 0 Å². The highest BCUT2D eigenvalue weighted by Gasteiger charge is 2.19. The molecule has 1 aliphatic heterocycles. The van der Waals surface area contributed by atoms with Gasteiger partial charge in [0.2, 0.25) is 0 Å². The van der Waals surface area contributed by atoms with E-state index in [1.807, 2.05) is 0 Å². The minimum atomic E-state index is -0.580. The Hall–Kier alpha value is 0.400. The third kappa shape index (κ3) is 1.44. The van der Waals surface area contributed by atoms with Gasteiger partial charge in [0.1, 0.15) is 0 Å². The van der Waals surface area contributed by atoms with Crippen LogP contribution in [-0.4, -0.2) is 22.8 Å². The Morgan fingerprint density at radius 2 is 2.38 bits per heavy atom. The van der Waals surface area contributed by atoms with Gasteiger partial charge in [0.25, 0.3) is 0 Å². The summed E-state index contributed by atoms with van der Waals surface area (Å²) in [4.78, 5) is 0.149. The maximum Gasteiger partial charge on any atom is 0.167 e. The molecule has 1 heterocycles. The second kappa shape index (κ2) is 2.80. The third-order valence-electron chi connectivity index (χ3n) is 1.22. The van der Waals surface area contributed by atoms with Gasteiger partial charge in [0, 0.05) is 6.61 Å². The van der Waals surface area contributed by atoms with Crippen molar-refractivity contribution in [3.63, 3.8) is 0 Å². The maximum absolute atomic E-state index is 8.91. The van der Waals surface area contributed by atoms with Crippen LogP contribution in [0.25, 0.3) is 0 Å². The van der Waals surface area contributed by atoms with Crippen molar-refractivity contribution in [1.82, 2.24) is 0 Å². The minimum absolute atomic E-state index is 0.149. The summed E-state index contributed by atoms with van der Waals surface area (Å²) in [6, 6.07) is 0. The number of aliphatic hydroxyl groups is 1. The zero-order valence-corrected chi connectivity index (χ0v) is 6.10. The van der Waals surface area contributed by atoms with Crippen molar-refractivity contribution in [3.05, 3.63) is 0 Å². The highest BCUT2D eigenvalue weighted by Crippen LogP contribution is 2.18. The molecule has 0 bridgehead atoms. The minimum Gasteiger partial charge on any atom is -0.367 e. The highest BCUT2D eigenvalue weighted by atomic mass is 79.9. The van der Waals surface area contributed by atoms with Crippen molar-refractivity contribution in [1.29, 1.82) is 0 Å². The Morgan fingerprint density at radius 3 is 2.75 bits per heavy atom. The monoisotopic (exact) mass is 180 g/mol. The molecule has 1 rings (SSSR count). The van der Waals surface area contributed by atoms with Gasteiger partial charge in [-0.05, 0) is 12.8 Å². The topological polar surface area (TPSA) is 29.5 Å². The first-order chi connectivity index (χ1) is 3.80. The maximum atomic E-state index is 8.91. The van der Waals surface area contributed by atoms with Crippen LogP contribution in [0.5, 0.6) is 0 Å². The molecule has 1 fully saturated rings. The average molecular weight is 181 g/mol. The Labute approximate surface area is 57.0 Å². The van der Waals surface area contributed by atoms with Crippen LogP contribution in [0.1, 0.15) is 12.8 Å². The molecule has 1 N–H and O–H groups in total. The highest BCUT2D eigenvalue weighted by molar-refractivity contribution is 9.09. The van der Waals surface area contributed by atoms with Gasteiger partial charge in [-0.25, -0.2) is 0 Å². The van der Waals surface area contributed by atoms with E-state index in [0.29, 0.717) is 6.61 Å². The van der Waals surface area contributed by atoms with Gasteiger partial charge >= 0.3 is 0 Å². The lowest BCUT2D eigenvalue weighted by Crippen LogP contribution is -2.28. The normalized spacial score (nSPS) is 39.8. The predicted molar refractivity (Wildman–Crippen MR) is 33.9 cm³/mol. The van der Waals surface area contributed by atoms with E-state index in [-0.39, 0.29) is 4.83 Å². The SMILES string of the molecule is O[C@@H]1OCCC[C@H]1Br. The van der Waals surface area contributed by atoms with Crippen molar-refractivity contribution in [3.8, 4) is 0 Å². The molecule has 0 aromatic carbocycles. The number of hydrogen-bond acceptors (Lipinski definition) is 2. The number of aliphatic hydroxyl groups excluding tert-OH is 1. The molecule has 0 amide bonds. The summed E-state index contributed by atoms with van der Waals surface area (Å²) < 4.78 is 4.90. The van der Waals surface area contributed by atoms with E-state index in [4.69, 9.17) is 9.84 Å². The van der Waals surface area contributed by atoms with Crippen LogP contribution in [0.2, 0.25) is 0 Å². The van der Waals surface area contributed by atoms with Crippen LogP contribution in [0.4, 0.5) is 0 Å². The quantitative estimate of drug-likeness (QED) is 0.562. The van der Waals surface area contributed by atoms with Crippen molar-refractivity contribution < 1.29 is 9.84 Å². The molecule has 0 aliphatic carbocycles. The number of hydrogen-bond donors (Lipinski definition) is 1. The molecule has 0 radical (unpaired) electrons. The number of halogens is 1. The largest absolute Gasteiger partial charge is 0.367 e. The zero-order valence-electron chi connectivity index (χ0n) is 4.51. The molecule has 8 heavy (non-hydrogen) atoms. The first-order valence-corrected chi connectivity index (χ1v) is 3.66. The van der Waals surface area contributed by atoms with Crippen molar-refractivity contribution in [2.45, 2.75) is 24.0 Å². The molecule has 0 aromatic heterocycles. The first-order valence-electron chi connectivity index (χ1n) is 2.74. The van der Waals surface area contributed by atoms with Crippen LogP contribution in [0.3, 0.4) is 0 Å². The Bertz CT molecular complexity index is 66.8. The summed E-state index contributed by atoms with van der Waals surface area (Å²) in [5, 5.41) is 8.91. The molecule has 3 heteroatoms. The van der Waals surface area contributed by atoms with E-state index in [9.17, 15) is 0 Å². The van der Waals surface area contributed by atoms with Crippen LogP contribution in [-0.2, 0) is 4.74 Å². The lowest BCUT2D eigenvalue weighted by atomic mass is 10.2. The summed E-state index contributed by atoms with van der Waals surface area (Å²) in [5.41, 5.74) is 0. The summed E-state index contributed by atoms with van der Waals surface area (Å²) in [6.07, 6.45) is 1.48. The van der Waals surface area contributed by atoms with E-state index in [0.717, 1.165) is 12.8 Å². The predicted octanol–water partition coefficient (Wildman–Crippen LogP) is 0.879. The lowest BCUT2D eigenvalue weighted by molar-refractivity contribution is -0.117. The molecular formula is C5H9BrO2. The fourth-order valence-electron chi connectivity index (χ4n) is 0.729. The van der Waals surface area contributed by atoms with E-state index in [2.05, 4.69) is 15.9 Å². The zero-order chi connectivity index (χ0) is 5.98. The number of alkyl halides is 1. The standard InChI is InChI=1S/C5H9BrO2/c6-4-2-1-3-8-5(4)7/h4-5,7H,1-3H2/t4-,5-/m1/s1. The number of rotatable bonds is 0. The van der Waals surface area contributed by atoms with E-state index >= 15 is 0 Å². The van der Waals surface area contributed by atoms with Gasteiger partial charge in [-0.2, -0.15) is 0 Å². The van der Waals surface area contributed by atoms with Gasteiger partial charge in [-0.1, -0.05) is 15.9 Å². The second-order valence-electron chi connectivity index (χ2n) is 1.92. The molecule has 1 saturated heterocycles. The van der Waals surface area contributed by atoms with Gasteiger partial charge < -0.3 is 9.84 Å². The molecule has 1 aliphatic rings. The number of ether oxygens (including phenoxy) is 1. The van der Waals surface area contributed by atoms with E-state index < -0.39 is 6.29 Å². The van der Waals surface area contributed by atoms with Crippen molar-refractivity contribution in [2.75, 3.05) is 6.61 Å². The Kier molecular flexibility index (Phi) is 2.28. The van der Waals surface area contributed by atoms with Gasteiger partial charge in [0.05, 0.1) is 4.83 Å². The first kappa shape index (κ1) is 6.52. The molecule has 2 nitrogen and oxygen atoms in total. The lowest BCUT2D eigenvalue weighted by Gasteiger charge is -2.22. The molecule has 0 spiro atoms. The third-order valence-corrected chi connectivity index (χ3v) is 2.13. The van der Waals surface area contributed by atoms with Gasteiger partial charge in [-0.15, -0.1) is 0 Å². The average Bonchev–Trinajstić information content (AvgIpc) is 1.77. The molecular weight excluding hydrogens is 172 g/mol. The van der Waals surface area contributed by atoms with Crippen LogP contribution < -0.4 is 0 Å². The summed E-state index contributed by atoms with van der Waals surface area (Å²) >= 11 is 3.28. The fourth-order valence-corrected chi connectivity index (χ4v) is 1.21. The van der Waals surface area contributed by atoms with Crippen LogP contribution >= 0.6 is 15.9 Å². The van der Waals surface area contributed by atoms with E-state index in [1.54, 1.807) is 0 Å². The summed E-state index contributed by atoms with van der Waals surface area (Å²) in [5.74, 6) is 0. The molecule has 0 aromatic rings. The molecule has 48 valence electrons. The van der Waals surface area contributed by atoms with Crippen molar-refractivity contribution in [2.24, 2.45) is 0 Å². The summed E-state index contributed by atoms with van der Waals surface area (Å²) in [7, 11) is 0. The molecule has 0 saturated carbocycles. The van der Waals surface area contributed by atoms with Crippen LogP contribution in [0.15, 0.2) is 0 Å². The fraction of sp³-hybridized carbons (Fsp3) is 1.00. The van der Waals surface area contributed by atoms with E-state index in [1.165, 1.54) is 0 Å². The summed E-state index contributed by atoms with van der Waals surface area (Å²) in [6.45, 7) is 0.698.